The van der Waals surface area contributed by atoms with Gasteiger partial charge in [0, 0.05) is 6.42 Å². The molecule has 3 N–H and O–H groups in total. The summed E-state index contributed by atoms with van der Waals surface area (Å²) in [5.41, 5.74) is -0.752. The van der Waals surface area contributed by atoms with E-state index in [-0.39, 0.29) is 15.8 Å². The molecule has 6 nitrogen and oxygen atoms in total. The molecule has 20 heavy (non-hydrogen) atoms. The Morgan fingerprint density at radius 1 is 1.30 bits per heavy atom. The van der Waals surface area contributed by atoms with E-state index >= 15 is 0 Å². The molecular weight excluding hydrogens is 332 g/mol. The van der Waals surface area contributed by atoms with Gasteiger partial charge in [-0.1, -0.05) is 13.3 Å². The molecular formula is C13H15BrO6. The van der Waals surface area contributed by atoms with Crippen LogP contribution in [0, 0.1) is 0 Å². The number of aromatic carboxylic acids is 2. The lowest BCUT2D eigenvalue weighted by atomic mass is 10.1. The topological polar surface area (TPSA) is 104 Å². The van der Waals surface area contributed by atoms with Gasteiger partial charge in [-0.05, 0) is 34.5 Å². The third kappa shape index (κ3) is 3.94. The highest BCUT2D eigenvalue weighted by Gasteiger charge is 2.23. The predicted molar refractivity (Wildman–Crippen MR) is 74.2 cm³/mol. The fraction of sp³-hybridized carbons (Fsp3) is 0.385. The van der Waals surface area contributed by atoms with Crippen LogP contribution in [0.25, 0.3) is 0 Å². The van der Waals surface area contributed by atoms with E-state index in [1.165, 1.54) is 6.07 Å². The molecule has 0 aliphatic rings. The maximum atomic E-state index is 11.1. The Kier molecular flexibility index (Phi) is 5.97. The van der Waals surface area contributed by atoms with Gasteiger partial charge in [-0.2, -0.15) is 0 Å². The van der Waals surface area contributed by atoms with Crippen LogP contribution in [0.4, 0.5) is 0 Å². The lowest BCUT2D eigenvalue weighted by Gasteiger charge is -2.16. The van der Waals surface area contributed by atoms with Crippen LogP contribution in [-0.2, 0) is 0 Å². The zero-order valence-corrected chi connectivity index (χ0v) is 12.4. The number of halogens is 1. The molecule has 0 heterocycles. The summed E-state index contributed by atoms with van der Waals surface area (Å²) in [6.07, 6.45) is 0.993. The summed E-state index contributed by atoms with van der Waals surface area (Å²) >= 11 is 3.02. The number of carbonyl (C=O) groups is 2. The maximum absolute atomic E-state index is 11.1. The van der Waals surface area contributed by atoms with Crippen molar-refractivity contribution < 1.29 is 29.6 Å². The third-order valence-corrected chi connectivity index (χ3v) is 3.41. The van der Waals surface area contributed by atoms with E-state index in [0.717, 1.165) is 18.9 Å². The van der Waals surface area contributed by atoms with E-state index in [2.05, 4.69) is 15.9 Å². The Morgan fingerprint density at radius 2 is 1.95 bits per heavy atom. The molecule has 0 amide bonds. The molecule has 0 radical (unpaired) electrons. The number of hydrogen-bond donors (Lipinski definition) is 3. The molecule has 1 aromatic carbocycles. The molecule has 0 saturated heterocycles. The molecule has 0 aromatic heterocycles. The molecule has 1 rings (SSSR count). The Bertz CT molecular complexity index is 514. The molecule has 110 valence electrons. The van der Waals surface area contributed by atoms with Crippen LogP contribution in [0.2, 0.25) is 0 Å². The summed E-state index contributed by atoms with van der Waals surface area (Å²) in [6.45, 7) is 1.97. The molecule has 1 unspecified atom stereocenters. The number of aliphatic hydroxyl groups is 1. The summed E-state index contributed by atoms with van der Waals surface area (Å²) < 4.78 is 5.23. The lowest BCUT2D eigenvalue weighted by molar-refractivity contribution is -0.0249. The number of rotatable bonds is 7. The van der Waals surface area contributed by atoms with E-state index in [4.69, 9.17) is 14.9 Å². The molecule has 1 atom stereocenters. The van der Waals surface area contributed by atoms with E-state index in [9.17, 15) is 14.7 Å². The van der Waals surface area contributed by atoms with Crippen molar-refractivity contribution in [2.75, 3.05) is 0 Å². The molecule has 0 aliphatic heterocycles. The SMILES string of the molecule is CCCCC(O)Oc1ccc(C(=O)O)c(C(=O)O)c1Br. The molecule has 0 bridgehead atoms. The Balaban J connectivity index is 3.08. The van der Waals surface area contributed by atoms with Crippen molar-refractivity contribution >= 4 is 27.9 Å². The van der Waals surface area contributed by atoms with E-state index in [0.29, 0.717) is 6.42 Å². The van der Waals surface area contributed by atoms with Crippen molar-refractivity contribution in [3.63, 3.8) is 0 Å². The largest absolute Gasteiger partial charge is 0.478 e. The van der Waals surface area contributed by atoms with Gasteiger partial charge in [-0.15, -0.1) is 0 Å². The second-order valence-corrected chi connectivity index (χ2v) is 4.92. The number of ether oxygens (including phenoxy) is 1. The van der Waals surface area contributed by atoms with Crippen molar-refractivity contribution in [3.05, 3.63) is 27.7 Å². The number of unbranched alkanes of at least 4 members (excludes halogenated alkanes) is 1. The number of aliphatic hydroxyl groups excluding tert-OH is 1. The second-order valence-electron chi connectivity index (χ2n) is 4.13. The van der Waals surface area contributed by atoms with E-state index in [1.54, 1.807) is 0 Å². The van der Waals surface area contributed by atoms with Crippen molar-refractivity contribution in [1.82, 2.24) is 0 Å². The first-order valence-corrected chi connectivity index (χ1v) is 6.81. The van der Waals surface area contributed by atoms with Crippen LogP contribution in [0.1, 0.15) is 46.9 Å². The number of hydrogen-bond acceptors (Lipinski definition) is 4. The van der Waals surface area contributed by atoms with Gasteiger partial charge in [0.05, 0.1) is 15.6 Å². The van der Waals surface area contributed by atoms with Gasteiger partial charge in [0.15, 0.2) is 6.29 Å². The average Bonchev–Trinajstić information content (AvgIpc) is 2.37. The van der Waals surface area contributed by atoms with Gasteiger partial charge in [-0.3, -0.25) is 0 Å². The summed E-state index contributed by atoms with van der Waals surface area (Å²) in [5, 5.41) is 27.7. The van der Waals surface area contributed by atoms with Crippen LogP contribution in [0.5, 0.6) is 5.75 Å². The summed E-state index contributed by atoms with van der Waals surface area (Å²) in [7, 11) is 0. The monoisotopic (exact) mass is 346 g/mol. The summed E-state index contributed by atoms with van der Waals surface area (Å²) in [5.74, 6) is -2.64. The van der Waals surface area contributed by atoms with E-state index in [1.807, 2.05) is 6.92 Å². The smallest absolute Gasteiger partial charge is 0.337 e. The van der Waals surface area contributed by atoms with E-state index < -0.39 is 23.8 Å². The fourth-order valence-corrected chi connectivity index (χ4v) is 2.23. The summed E-state index contributed by atoms with van der Waals surface area (Å²) in [6, 6.07) is 2.45. The first-order chi connectivity index (χ1) is 9.38. The van der Waals surface area contributed by atoms with Crippen molar-refractivity contribution in [2.45, 2.75) is 32.5 Å². The van der Waals surface area contributed by atoms with Crippen LogP contribution >= 0.6 is 15.9 Å². The van der Waals surface area contributed by atoms with Crippen LogP contribution < -0.4 is 4.74 Å². The Hall–Kier alpha value is -1.60. The summed E-state index contributed by atoms with van der Waals surface area (Å²) in [4.78, 5) is 22.1. The third-order valence-electron chi connectivity index (χ3n) is 2.62. The van der Waals surface area contributed by atoms with Crippen molar-refractivity contribution in [2.24, 2.45) is 0 Å². The number of benzene rings is 1. The van der Waals surface area contributed by atoms with Crippen LogP contribution in [0.15, 0.2) is 16.6 Å². The van der Waals surface area contributed by atoms with Crippen LogP contribution in [-0.4, -0.2) is 33.5 Å². The lowest BCUT2D eigenvalue weighted by Crippen LogP contribution is -2.17. The molecule has 7 heteroatoms. The Morgan fingerprint density at radius 3 is 2.45 bits per heavy atom. The molecule has 0 fully saturated rings. The standard InChI is InChI=1S/C13H15BrO6/c1-2-3-4-9(15)20-8-6-5-7(12(16)17)10(11(8)14)13(18)19/h5-6,9,15H,2-4H2,1H3,(H,16,17)(H,18,19). The van der Waals surface area contributed by atoms with Crippen molar-refractivity contribution in [1.29, 1.82) is 0 Å². The zero-order chi connectivity index (χ0) is 15.3. The molecule has 1 aromatic rings. The second kappa shape index (κ2) is 7.25. The van der Waals surface area contributed by atoms with Gasteiger partial charge in [0.25, 0.3) is 0 Å². The number of carboxylic acids is 2. The Labute approximate surface area is 124 Å². The quantitative estimate of drug-likeness (QED) is 0.655. The minimum absolute atomic E-state index is 0.000415. The van der Waals surface area contributed by atoms with Crippen molar-refractivity contribution in [3.8, 4) is 5.75 Å². The predicted octanol–water partition coefficient (Wildman–Crippen LogP) is 2.73. The number of carboxylic acid groups (broad SMARTS) is 2. The fourth-order valence-electron chi connectivity index (χ4n) is 1.62. The van der Waals surface area contributed by atoms with Gasteiger partial charge >= 0.3 is 11.9 Å². The minimum atomic E-state index is -1.39. The minimum Gasteiger partial charge on any atom is -0.478 e. The van der Waals surface area contributed by atoms with Gasteiger partial charge in [0.1, 0.15) is 5.75 Å². The van der Waals surface area contributed by atoms with Gasteiger partial charge < -0.3 is 20.1 Å². The molecule has 0 saturated carbocycles. The average molecular weight is 347 g/mol. The normalized spacial score (nSPS) is 11.9. The van der Waals surface area contributed by atoms with Gasteiger partial charge in [-0.25, -0.2) is 9.59 Å². The molecule has 0 aliphatic carbocycles. The zero-order valence-electron chi connectivity index (χ0n) is 10.8. The van der Waals surface area contributed by atoms with Gasteiger partial charge in [0.2, 0.25) is 0 Å². The van der Waals surface area contributed by atoms with Crippen LogP contribution in [0.3, 0.4) is 0 Å². The highest BCUT2D eigenvalue weighted by atomic mass is 79.9. The first kappa shape index (κ1) is 16.5. The highest BCUT2D eigenvalue weighted by Crippen LogP contribution is 2.32. The highest BCUT2D eigenvalue weighted by molar-refractivity contribution is 9.10. The maximum Gasteiger partial charge on any atom is 0.337 e. The molecule has 0 spiro atoms. The first-order valence-electron chi connectivity index (χ1n) is 6.02.